The summed E-state index contributed by atoms with van der Waals surface area (Å²) in [6, 6.07) is 27.3. The zero-order chi connectivity index (χ0) is 29.3. The highest BCUT2D eigenvalue weighted by Crippen LogP contribution is 2.27. The SMILES string of the molecule is O=C(COc1ccc(Cl)cc1/C=N/NC(=O)c1ccc(-c2csc(Nc3ccccc3)n2)cc1)Nc1ccccc1F. The number of hydrogen-bond acceptors (Lipinski definition) is 7. The fraction of sp³-hybridized carbons (Fsp3) is 0.0323. The molecule has 0 saturated carbocycles. The van der Waals surface area contributed by atoms with Crippen molar-refractivity contribution in [3.8, 4) is 17.0 Å². The summed E-state index contributed by atoms with van der Waals surface area (Å²) < 4.78 is 19.4. The van der Waals surface area contributed by atoms with Gasteiger partial charge in [0.1, 0.15) is 11.6 Å². The van der Waals surface area contributed by atoms with Crippen molar-refractivity contribution in [1.82, 2.24) is 10.4 Å². The van der Waals surface area contributed by atoms with Crippen LogP contribution in [-0.2, 0) is 4.79 Å². The maximum absolute atomic E-state index is 13.8. The van der Waals surface area contributed by atoms with Gasteiger partial charge in [-0.3, -0.25) is 9.59 Å². The standard InChI is InChI=1S/C31H23ClFN5O3S/c32-23-14-15-28(41-18-29(39)36-26-9-5-4-8-25(26)33)22(16-23)17-34-38-30(40)21-12-10-20(11-13-21)27-19-42-31(37-27)35-24-6-2-1-3-7-24/h1-17,19H,18H2,(H,35,37)(H,36,39)(H,38,40)/b34-17+. The number of anilines is 3. The second kappa shape index (κ2) is 13.5. The van der Waals surface area contributed by atoms with Gasteiger partial charge in [0.15, 0.2) is 11.7 Å². The topological polar surface area (TPSA) is 105 Å². The minimum atomic E-state index is -0.552. The van der Waals surface area contributed by atoms with Gasteiger partial charge in [-0.25, -0.2) is 14.8 Å². The maximum Gasteiger partial charge on any atom is 0.271 e. The van der Waals surface area contributed by atoms with E-state index in [0.717, 1.165) is 22.1 Å². The summed E-state index contributed by atoms with van der Waals surface area (Å²) >= 11 is 7.60. The Morgan fingerprint density at radius 2 is 1.74 bits per heavy atom. The Hall–Kier alpha value is -5.06. The molecule has 5 rings (SSSR count). The fourth-order valence-corrected chi connectivity index (χ4v) is 4.69. The quantitative estimate of drug-likeness (QED) is 0.117. The predicted molar refractivity (Wildman–Crippen MR) is 164 cm³/mol. The highest BCUT2D eigenvalue weighted by molar-refractivity contribution is 7.14. The van der Waals surface area contributed by atoms with Crippen LogP contribution >= 0.6 is 22.9 Å². The first-order valence-electron chi connectivity index (χ1n) is 12.6. The minimum Gasteiger partial charge on any atom is -0.483 e. The van der Waals surface area contributed by atoms with Crippen molar-refractivity contribution in [2.45, 2.75) is 0 Å². The van der Waals surface area contributed by atoms with Crippen molar-refractivity contribution < 1.29 is 18.7 Å². The van der Waals surface area contributed by atoms with Crippen molar-refractivity contribution in [3.63, 3.8) is 0 Å². The molecule has 3 N–H and O–H groups in total. The molecule has 42 heavy (non-hydrogen) atoms. The molecule has 8 nitrogen and oxygen atoms in total. The Bertz CT molecular complexity index is 1730. The number of ether oxygens (including phenoxy) is 1. The first-order chi connectivity index (χ1) is 20.4. The van der Waals surface area contributed by atoms with Gasteiger partial charge in [0, 0.05) is 32.8 Å². The molecule has 0 bridgehead atoms. The van der Waals surface area contributed by atoms with Crippen LogP contribution in [0.2, 0.25) is 5.02 Å². The molecule has 0 aliphatic rings. The normalized spacial score (nSPS) is 10.8. The summed E-state index contributed by atoms with van der Waals surface area (Å²) in [5.41, 5.74) is 5.97. The van der Waals surface area contributed by atoms with E-state index in [-0.39, 0.29) is 12.3 Å². The molecule has 0 unspecified atom stereocenters. The predicted octanol–water partition coefficient (Wildman–Crippen LogP) is 7.13. The number of nitrogens with one attached hydrogen (secondary N) is 3. The third kappa shape index (κ3) is 7.57. The van der Waals surface area contributed by atoms with Gasteiger partial charge in [0.2, 0.25) is 0 Å². The summed E-state index contributed by atoms with van der Waals surface area (Å²) in [7, 11) is 0. The Kier molecular flexibility index (Phi) is 9.17. The van der Waals surface area contributed by atoms with Crippen LogP contribution in [0.1, 0.15) is 15.9 Å². The Balaban J connectivity index is 1.17. The Morgan fingerprint density at radius 1 is 0.976 bits per heavy atom. The van der Waals surface area contributed by atoms with Gasteiger partial charge in [0.05, 0.1) is 17.6 Å². The number of halogens is 2. The molecule has 2 amide bonds. The van der Waals surface area contributed by atoms with E-state index < -0.39 is 17.6 Å². The number of rotatable bonds is 10. The van der Waals surface area contributed by atoms with Crippen LogP contribution < -0.4 is 20.8 Å². The second-order valence-electron chi connectivity index (χ2n) is 8.80. The molecular weight excluding hydrogens is 577 g/mol. The summed E-state index contributed by atoms with van der Waals surface area (Å²) in [5, 5.41) is 12.9. The van der Waals surface area contributed by atoms with E-state index >= 15 is 0 Å². The molecule has 5 aromatic rings. The zero-order valence-corrected chi connectivity index (χ0v) is 23.5. The maximum atomic E-state index is 13.8. The van der Waals surface area contributed by atoms with Crippen LogP contribution in [0.4, 0.5) is 20.9 Å². The largest absolute Gasteiger partial charge is 0.483 e. The van der Waals surface area contributed by atoms with Gasteiger partial charge >= 0.3 is 0 Å². The molecule has 0 radical (unpaired) electrons. The first-order valence-corrected chi connectivity index (χ1v) is 13.9. The molecule has 11 heteroatoms. The summed E-state index contributed by atoms with van der Waals surface area (Å²) in [6.07, 6.45) is 1.36. The number of para-hydroxylation sites is 2. The van der Waals surface area contributed by atoms with E-state index in [2.05, 4.69) is 26.1 Å². The van der Waals surface area contributed by atoms with Gasteiger partial charge < -0.3 is 15.4 Å². The number of thiazole rings is 1. The zero-order valence-electron chi connectivity index (χ0n) is 21.9. The number of hydrogen-bond donors (Lipinski definition) is 3. The lowest BCUT2D eigenvalue weighted by Gasteiger charge is -2.10. The third-order valence-corrected chi connectivity index (χ3v) is 6.81. The van der Waals surface area contributed by atoms with E-state index in [1.54, 1.807) is 36.4 Å². The summed E-state index contributed by atoms with van der Waals surface area (Å²) in [5.74, 6) is -1.22. The van der Waals surface area contributed by atoms with Crippen molar-refractivity contribution in [1.29, 1.82) is 0 Å². The highest BCUT2D eigenvalue weighted by atomic mass is 35.5. The van der Waals surface area contributed by atoms with Crippen LogP contribution in [0.5, 0.6) is 5.75 Å². The lowest BCUT2D eigenvalue weighted by atomic mass is 10.1. The van der Waals surface area contributed by atoms with Crippen LogP contribution in [0.3, 0.4) is 0 Å². The average molecular weight is 600 g/mol. The van der Waals surface area contributed by atoms with Gasteiger partial charge in [-0.15, -0.1) is 11.3 Å². The molecule has 0 fully saturated rings. The molecule has 210 valence electrons. The minimum absolute atomic E-state index is 0.0520. The number of aromatic nitrogens is 1. The molecule has 1 heterocycles. The summed E-state index contributed by atoms with van der Waals surface area (Å²) in [4.78, 5) is 29.5. The van der Waals surface area contributed by atoms with Crippen LogP contribution in [0.15, 0.2) is 108 Å². The Morgan fingerprint density at radius 3 is 2.52 bits per heavy atom. The molecule has 0 saturated heterocycles. The van der Waals surface area contributed by atoms with E-state index in [1.165, 1.54) is 35.8 Å². The molecule has 0 atom stereocenters. The van der Waals surface area contributed by atoms with Crippen LogP contribution in [-0.4, -0.2) is 29.6 Å². The van der Waals surface area contributed by atoms with Crippen molar-refractivity contribution in [3.05, 3.63) is 124 Å². The average Bonchev–Trinajstić information content (AvgIpc) is 3.47. The highest BCUT2D eigenvalue weighted by Gasteiger charge is 2.11. The number of hydrazone groups is 1. The number of carbonyl (C=O) groups excluding carboxylic acids is 2. The third-order valence-electron chi connectivity index (χ3n) is 5.82. The van der Waals surface area contributed by atoms with E-state index in [0.29, 0.717) is 21.9 Å². The van der Waals surface area contributed by atoms with Crippen LogP contribution in [0.25, 0.3) is 11.3 Å². The van der Waals surface area contributed by atoms with Crippen molar-refractivity contribution in [2.75, 3.05) is 17.2 Å². The van der Waals surface area contributed by atoms with Gasteiger partial charge in [0.25, 0.3) is 11.8 Å². The monoisotopic (exact) mass is 599 g/mol. The first kappa shape index (κ1) is 28.5. The molecule has 1 aromatic heterocycles. The van der Waals surface area contributed by atoms with E-state index in [1.807, 2.05) is 47.8 Å². The number of nitrogens with zero attached hydrogens (tertiary/aromatic N) is 2. The summed E-state index contributed by atoms with van der Waals surface area (Å²) in [6.45, 7) is -0.377. The number of benzene rings is 4. The lowest BCUT2D eigenvalue weighted by Crippen LogP contribution is -2.21. The molecule has 0 spiro atoms. The lowest BCUT2D eigenvalue weighted by molar-refractivity contribution is -0.118. The van der Waals surface area contributed by atoms with E-state index in [9.17, 15) is 14.0 Å². The number of carbonyl (C=O) groups is 2. The molecular formula is C31H23ClFN5O3S. The van der Waals surface area contributed by atoms with Gasteiger partial charge in [-0.1, -0.05) is 54.1 Å². The molecule has 4 aromatic carbocycles. The van der Waals surface area contributed by atoms with Gasteiger partial charge in [-0.2, -0.15) is 5.10 Å². The smallest absolute Gasteiger partial charge is 0.271 e. The molecule has 0 aliphatic heterocycles. The van der Waals surface area contributed by atoms with Gasteiger partial charge in [-0.05, 0) is 54.6 Å². The van der Waals surface area contributed by atoms with Crippen molar-refractivity contribution >= 4 is 57.5 Å². The van der Waals surface area contributed by atoms with Crippen molar-refractivity contribution in [2.24, 2.45) is 5.10 Å². The number of amides is 2. The Labute approximate surface area is 249 Å². The second-order valence-corrected chi connectivity index (χ2v) is 10.1. The van der Waals surface area contributed by atoms with E-state index in [4.69, 9.17) is 16.3 Å². The fourth-order valence-electron chi connectivity index (χ4n) is 3.77. The molecule has 0 aliphatic carbocycles. The van der Waals surface area contributed by atoms with Crippen LogP contribution in [0, 0.1) is 5.82 Å².